The van der Waals surface area contributed by atoms with E-state index in [1.54, 1.807) is 28.9 Å². The summed E-state index contributed by atoms with van der Waals surface area (Å²) in [5.74, 6) is 1.07. The van der Waals surface area contributed by atoms with Crippen LogP contribution < -0.4 is 4.74 Å². The lowest BCUT2D eigenvalue weighted by molar-refractivity contribution is 0.453. The van der Waals surface area contributed by atoms with Crippen molar-refractivity contribution in [3.63, 3.8) is 0 Å². The average molecular weight is 356 g/mol. The first-order valence-corrected chi connectivity index (χ1v) is 7.99. The summed E-state index contributed by atoms with van der Waals surface area (Å²) in [5, 5.41) is 5.78. The number of hydrogen-bond acceptors (Lipinski definition) is 3. The number of ether oxygens (including phenoxy) is 1. The van der Waals surface area contributed by atoms with E-state index >= 15 is 0 Å². The number of benzene rings is 2. The maximum atomic E-state index is 6.08. The molecule has 0 amide bonds. The first-order chi connectivity index (χ1) is 11.7. The molecule has 2 aromatic carbocycles. The number of aromatic nitrogens is 3. The number of imidazole rings is 1. The van der Waals surface area contributed by atoms with Crippen LogP contribution in [0.3, 0.4) is 0 Å². The molecule has 0 bridgehead atoms. The van der Waals surface area contributed by atoms with E-state index < -0.39 is 0 Å². The van der Waals surface area contributed by atoms with Crippen molar-refractivity contribution >= 4 is 28.8 Å². The van der Waals surface area contributed by atoms with Gasteiger partial charge in [-0.1, -0.05) is 41.4 Å². The van der Waals surface area contributed by atoms with E-state index in [1.807, 2.05) is 42.5 Å². The normalized spacial score (nSPS) is 10.9. The highest BCUT2D eigenvalue weighted by atomic mass is 35.5. The quantitative estimate of drug-likeness (QED) is 0.487. The molecule has 2 heterocycles. The monoisotopic (exact) mass is 355 g/mol. The van der Waals surface area contributed by atoms with Crippen LogP contribution in [0.15, 0.2) is 66.9 Å². The minimum absolute atomic E-state index is 0.450. The fraction of sp³-hybridized carbons (Fsp3) is 0. The molecule has 0 aliphatic carbocycles. The van der Waals surface area contributed by atoms with Crippen molar-refractivity contribution in [2.24, 2.45) is 0 Å². The van der Waals surface area contributed by atoms with Gasteiger partial charge < -0.3 is 4.74 Å². The average Bonchev–Trinajstić information content (AvgIpc) is 2.98. The number of fused-ring (bicyclic) bond motifs is 1. The molecule has 118 valence electrons. The molecule has 0 atom stereocenters. The van der Waals surface area contributed by atoms with Gasteiger partial charge in [0.2, 0.25) is 5.88 Å². The lowest BCUT2D eigenvalue weighted by atomic mass is 10.2. The molecule has 0 spiro atoms. The molecule has 4 nitrogen and oxygen atoms in total. The van der Waals surface area contributed by atoms with Crippen LogP contribution in [0, 0.1) is 0 Å². The lowest BCUT2D eigenvalue weighted by Gasteiger charge is -2.07. The van der Waals surface area contributed by atoms with Gasteiger partial charge in [-0.3, -0.25) is 0 Å². The van der Waals surface area contributed by atoms with Gasteiger partial charge in [0.25, 0.3) is 0 Å². The lowest BCUT2D eigenvalue weighted by Crippen LogP contribution is -1.97. The molecule has 0 N–H and O–H groups in total. The standard InChI is InChI=1S/C18H11Cl2N3O/c19-13-4-1-3-12(9-13)16-11-21-17-7-8-18(22-23(16)17)24-15-6-2-5-14(20)10-15/h1-11H. The topological polar surface area (TPSA) is 39.4 Å². The predicted octanol–water partition coefficient (Wildman–Crippen LogP) is 5.50. The highest BCUT2D eigenvalue weighted by Gasteiger charge is 2.09. The molecule has 0 saturated heterocycles. The van der Waals surface area contributed by atoms with Crippen LogP contribution in [0.5, 0.6) is 11.6 Å². The summed E-state index contributed by atoms with van der Waals surface area (Å²) in [7, 11) is 0. The zero-order valence-corrected chi connectivity index (χ0v) is 13.9. The Hall–Kier alpha value is -2.56. The van der Waals surface area contributed by atoms with Gasteiger partial charge in [0.1, 0.15) is 5.75 Å². The van der Waals surface area contributed by atoms with Crippen LogP contribution >= 0.6 is 23.2 Å². The number of rotatable bonds is 3. The molecule has 0 fully saturated rings. The first kappa shape index (κ1) is 15.0. The molecule has 0 saturated carbocycles. The van der Waals surface area contributed by atoms with Gasteiger partial charge >= 0.3 is 0 Å². The van der Waals surface area contributed by atoms with Gasteiger partial charge in [-0.25, -0.2) is 9.50 Å². The third-order valence-electron chi connectivity index (χ3n) is 3.48. The Balaban J connectivity index is 1.76. The summed E-state index contributed by atoms with van der Waals surface area (Å²) >= 11 is 12.1. The van der Waals surface area contributed by atoms with Crippen molar-refractivity contribution in [2.45, 2.75) is 0 Å². The maximum Gasteiger partial charge on any atom is 0.237 e. The fourth-order valence-electron chi connectivity index (χ4n) is 2.41. The van der Waals surface area contributed by atoms with Crippen molar-refractivity contribution in [3.05, 3.63) is 76.9 Å². The molecular formula is C18H11Cl2N3O. The molecule has 24 heavy (non-hydrogen) atoms. The Labute approximate surface area is 148 Å². The summed E-state index contributed by atoms with van der Waals surface area (Å²) in [5.41, 5.74) is 2.50. The minimum Gasteiger partial charge on any atom is -0.438 e. The second kappa shape index (κ2) is 6.15. The van der Waals surface area contributed by atoms with E-state index in [9.17, 15) is 0 Å². The van der Waals surface area contributed by atoms with Gasteiger partial charge in [0.05, 0.1) is 11.9 Å². The summed E-state index contributed by atoms with van der Waals surface area (Å²) < 4.78 is 7.51. The summed E-state index contributed by atoms with van der Waals surface area (Å²) in [6.07, 6.45) is 1.76. The van der Waals surface area contributed by atoms with E-state index in [4.69, 9.17) is 27.9 Å². The van der Waals surface area contributed by atoms with Gasteiger partial charge in [-0.05, 0) is 36.4 Å². The molecule has 0 radical (unpaired) electrons. The zero-order chi connectivity index (χ0) is 16.5. The maximum absolute atomic E-state index is 6.08. The van der Waals surface area contributed by atoms with Crippen molar-refractivity contribution in [3.8, 4) is 22.9 Å². The molecule has 4 rings (SSSR count). The van der Waals surface area contributed by atoms with Crippen LogP contribution in [0.4, 0.5) is 0 Å². The molecule has 0 aliphatic rings. The Bertz CT molecular complexity index is 1030. The number of halogens is 2. The SMILES string of the molecule is Clc1cccc(Oc2ccc3ncc(-c4cccc(Cl)c4)n3n2)c1. The minimum atomic E-state index is 0.450. The second-order valence-corrected chi connectivity index (χ2v) is 6.03. The van der Waals surface area contributed by atoms with Crippen LogP contribution in [0.1, 0.15) is 0 Å². The van der Waals surface area contributed by atoms with Crippen LogP contribution in [0.25, 0.3) is 16.9 Å². The van der Waals surface area contributed by atoms with Crippen LogP contribution in [0.2, 0.25) is 10.0 Å². The molecule has 0 unspecified atom stereocenters. The molecule has 2 aromatic heterocycles. The molecule has 6 heteroatoms. The van der Waals surface area contributed by atoms with Gasteiger partial charge in [-0.2, -0.15) is 0 Å². The Morgan fingerprint density at radius 2 is 1.67 bits per heavy atom. The summed E-state index contributed by atoms with van der Waals surface area (Å²) in [6.45, 7) is 0. The second-order valence-electron chi connectivity index (χ2n) is 5.15. The third kappa shape index (κ3) is 2.94. The highest BCUT2D eigenvalue weighted by molar-refractivity contribution is 6.31. The zero-order valence-electron chi connectivity index (χ0n) is 12.4. The van der Waals surface area contributed by atoms with Crippen LogP contribution in [-0.2, 0) is 0 Å². The third-order valence-corrected chi connectivity index (χ3v) is 3.95. The van der Waals surface area contributed by atoms with Crippen molar-refractivity contribution in [1.82, 2.24) is 14.6 Å². The fourth-order valence-corrected chi connectivity index (χ4v) is 2.78. The van der Waals surface area contributed by atoms with E-state index in [0.29, 0.717) is 21.7 Å². The highest BCUT2D eigenvalue weighted by Crippen LogP contribution is 2.26. The largest absolute Gasteiger partial charge is 0.438 e. The molecule has 4 aromatic rings. The first-order valence-electron chi connectivity index (χ1n) is 7.23. The number of nitrogens with zero attached hydrogens (tertiary/aromatic N) is 3. The van der Waals surface area contributed by atoms with Gasteiger partial charge in [0, 0.05) is 21.7 Å². The molecule has 0 aliphatic heterocycles. The van der Waals surface area contributed by atoms with E-state index in [1.165, 1.54) is 0 Å². The van der Waals surface area contributed by atoms with E-state index in [0.717, 1.165) is 16.9 Å². The van der Waals surface area contributed by atoms with Gasteiger partial charge in [-0.15, -0.1) is 5.10 Å². The van der Waals surface area contributed by atoms with Crippen LogP contribution in [-0.4, -0.2) is 14.6 Å². The number of hydrogen-bond donors (Lipinski definition) is 0. The van der Waals surface area contributed by atoms with Crippen molar-refractivity contribution < 1.29 is 4.74 Å². The van der Waals surface area contributed by atoms with Crippen molar-refractivity contribution in [2.75, 3.05) is 0 Å². The van der Waals surface area contributed by atoms with Crippen molar-refractivity contribution in [1.29, 1.82) is 0 Å². The summed E-state index contributed by atoms with van der Waals surface area (Å²) in [4.78, 5) is 4.37. The summed E-state index contributed by atoms with van der Waals surface area (Å²) in [6, 6.07) is 18.3. The van der Waals surface area contributed by atoms with Gasteiger partial charge in [0.15, 0.2) is 5.65 Å². The Morgan fingerprint density at radius 3 is 2.46 bits per heavy atom. The predicted molar refractivity (Wildman–Crippen MR) is 95.0 cm³/mol. The Morgan fingerprint density at radius 1 is 0.875 bits per heavy atom. The van der Waals surface area contributed by atoms with E-state index in [2.05, 4.69) is 10.1 Å². The Kier molecular flexibility index (Phi) is 3.84. The molecular weight excluding hydrogens is 345 g/mol. The van der Waals surface area contributed by atoms with E-state index in [-0.39, 0.29) is 0 Å². The smallest absolute Gasteiger partial charge is 0.237 e.